The van der Waals surface area contributed by atoms with Crippen LogP contribution in [0.5, 0.6) is 0 Å². The summed E-state index contributed by atoms with van der Waals surface area (Å²) in [6.07, 6.45) is 2.68. The first kappa shape index (κ1) is 10.3. The minimum absolute atomic E-state index is 0.0739. The summed E-state index contributed by atoms with van der Waals surface area (Å²) < 4.78 is 30.3. The van der Waals surface area contributed by atoms with Gasteiger partial charge in [-0.05, 0) is 31.4 Å². The third-order valence-electron chi connectivity index (χ3n) is 3.52. The van der Waals surface area contributed by atoms with Crippen LogP contribution in [0.4, 0.5) is 0 Å². The van der Waals surface area contributed by atoms with Gasteiger partial charge >= 0.3 is 0 Å². The van der Waals surface area contributed by atoms with Crippen LogP contribution in [0.2, 0.25) is 0 Å². The molecule has 2 saturated heterocycles. The molecule has 4 heteroatoms. The fraction of sp³-hybridized carbons (Fsp3) is 0.500. The Labute approximate surface area is 95.3 Å². The fourth-order valence-electron chi connectivity index (χ4n) is 2.70. The van der Waals surface area contributed by atoms with Crippen molar-refractivity contribution >= 4 is 9.84 Å². The van der Waals surface area contributed by atoms with Crippen molar-refractivity contribution < 1.29 is 13.2 Å². The smallest absolute Gasteiger partial charge is 0.183 e. The molecule has 2 heterocycles. The average Bonchev–Trinajstić information content (AvgIpc) is 2.92. The van der Waals surface area contributed by atoms with Crippen molar-refractivity contribution in [1.29, 1.82) is 0 Å². The summed E-state index contributed by atoms with van der Waals surface area (Å²) in [5.74, 6) is 0. The lowest BCUT2D eigenvalue weighted by Crippen LogP contribution is -2.31. The lowest BCUT2D eigenvalue weighted by molar-refractivity contribution is 0.105. The highest BCUT2D eigenvalue weighted by atomic mass is 32.2. The van der Waals surface area contributed by atoms with Crippen LogP contribution in [0.1, 0.15) is 19.3 Å². The van der Waals surface area contributed by atoms with Crippen molar-refractivity contribution in [3.8, 4) is 0 Å². The Hall–Kier alpha value is -0.870. The predicted molar refractivity (Wildman–Crippen MR) is 59.9 cm³/mol. The van der Waals surface area contributed by atoms with E-state index in [1.165, 1.54) is 0 Å². The summed E-state index contributed by atoms with van der Waals surface area (Å²) in [4.78, 5) is 0.427. The zero-order valence-electron chi connectivity index (χ0n) is 8.87. The molecule has 3 rings (SSSR count). The van der Waals surface area contributed by atoms with Gasteiger partial charge in [-0.2, -0.15) is 0 Å². The largest absolute Gasteiger partial charge is 0.374 e. The van der Waals surface area contributed by atoms with Crippen LogP contribution >= 0.6 is 0 Å². The van der Waals surface area contributed by atoms with E-state index in [2.05, 4.69) is 0 Å². The molecule has 1 aromatic rings. The Bertz CT molecular complexity index is 480. The number of benzene rings is 1. The van der Waals surface area contributed by atoms with Crippen molar-refractivity contribution in [2.75, 3.05) is 0 Å². The van der Waals surface area contributed by atoms with Gasteiger partial charge in [-0.25, -0.2) is 8.42 Å². The van der Waals surface area contributed by atoms with Crippen molar-refractivity contribution in [2.45, 2.75) is 41.6 Å². The van der Waals surface area contributed by atoms with E-state index in [0.717, 1.165) is 12.8 Å². The molecule has 0 radical (unpaired) electrons. The topological polar surface area (TPSA) is 43.4 Å². The minimum Gasteiger partial charge on any atom is -0.374 e. The molecule has 2 fully saturated rings. The number of hydrogen-bond acceptors (Lipinski definition) is 3. The summed E-state index contributed by atoms with van der Waals surface area (Å²) in [6.45, 7) is 0. The highest BCUT2D eigenvalue weighted by molar-refractivity contribution is 7.92. The van der Waals surface area contributed by atoms with Crippen molar-refractivity contribution in [2.24, 2.45) is 0 Å². The number of rotatable bonds is 2. The Morgan fingerprint density at radius 3 is 2.44 bits per heavy atom. The van der Waals surface area contributed by atoms with Crippen LogP contribution < -0.4 is 0 Å². The molecule has 0 unspecified atom stereocenters. The number of sulfone groups is 1. The van der Waals surface area contributed by atoms with Gasteiger partial charge in [0.05, 0.1) is 22.4 Å². The second-order valence-corrected chi connectivity index (χ2v) is 6.67. The van der Waals surface area contributed by atoms with Gasteiger partial charge in [-0.3, -0.25) is 0 Å². The molecule has 0 N–H and O–H groups in total. The Morgan fingerprint density at radius 1 is 1.12 bits per heavy atom. The quantitative estimate of drug-likeness (QED) is 0.788. The highest BCUT2D eigenvalue weighted by Gasteiger charge is 2.47. The Kier molecular flexibility index (Phi) is 2.30. The van der Waals surface area contributed by atoms with E-state index in [1.807, 2.05) is 6.07 Å². The molecule has 0 amide bonds. The van der Waals surface area contributed by atoms with Gasteiger partial charge < -0.3 is 4.74 Å². The van der Waals surface area contributed by atoms with Gasteiger partial charge in [-0.1, -0.05) is 18.2 Å². The molecule has 86 valence electrons. The molecule has 0 spiro atoms. The molecule has 2 aliphatic heterocycles. The number of fused-ring (bicyclic) bond motifs is 2. The summed E-state index contributed by atoms with van der Waals surface area (Å²) in [5.41, 5.74) is 0. The van der Waals surface area contributed by atoms with E-state index in [9.17, 15) is 8.42 Å². The maximum Gasteiger partial charge on any atom is 0.183 e. The summed E-state index contributed by atoms with van der Waals surface area (Å²) in [7, 11) is -3.19. The molecule has 2 bridgehead atoms. The van der Waals surface area contributed by atoms with Crippen LogP contribution in [0.15, 0.2) is 35.2 Å². The van der Waals surface area contributed by atoms with Gasteiger partial charge in [0, 0.05) is 0 Å². The van der Waals surface area contributed by atoms with E-state index in [4.69, 9.17) is 4.74 Å². The van der Waals surface area contributed by atoms with Crippen LogP contribution in [-0.4, -0.2) is 25.9 Å². The summed E-state index contributed by atoms with van der Waals surface area (Å²) in [5, 5.41) is -0.325. The van der Waals surface area contributed by atoms with Gasteiger partial charge in [-0.15, -0.1) is 0 Å². The van der Waals surface area contributed by atoms with E-state index >= 15 is 0 Å². The average molecular weight is 238 g/mol. The van der Waals surface area contributed by atoms with Gasteiger partial charge in [0.25, 0.3) is 0 Å². The van der Waals surface area contributed by atoms with E-state index in [-0.39, 0.29) is 17.5 Å². The van der Waals surface area contributed by atoms with E-state index < -0.39 is 9.84 Å². The molecule has 0 saturated carbocycles. The van der Waals surface area contributed by atoms with Crippen molar-refractivity contribution in [3.63, 3.8) is 0 Å². The second-order valence-electron chi connectivity index (χ2n) is 4.51. The third-order valence-corrected chi connectivity index (χ3v) is 5.74. The monoisotopic (exact) mass is 238 g/mol. The van der Waals surface area contributed by atoms with Crippen LogP contribution in [0.3, 0.4) is 0 Å². The highest BCUT2D eigenvalue weighted by Crippen LogP contribution is 2.39. The molecular formula is C12H14O3S. The third kappa shape index (κ3) is 1.48. The molecule has 1 aromatic carbocycles. The molecular weight excluding hydrogens is 224 g/mol. The van der Waals surface area contributed by atoms with Gasteiger partial charge in [0.15, 0.2) is 9.84 Å². The summed E-state index contributed by atoms with van der Waals surface area (Å²) in [6, 6.07) is 8.70. The molecule has 16 heavy (non-hydrogen) atoms. The first-order valence-corrected chi connectivity index (χ1v) is 7.17. The zero-order valence-corrected chi connectivity index (χ0v) is 9.69. The Balaban J connectivity index is 1.95. The number of ether oxygens (including phenoxy) is 1. The number of hydrogen-bond donors (Lipinski definition) is 0. The summed E-state index contributed by atoms with van der Waals surface area (Å²) >= 11 is 0. The lowest BCUT2D eigenvalue weighted by Gasteiger charge is -2.18. The van der Waals surface area contributed by atoms with Gasteiger partial charge in [0.2, 0.25) is 0 Å². The maximum absolute atomic E-state index is 12.3. The Morgan fingerprint density at radius 2 is 1.88 bits per heavy atom. The zero-order chi connectivity index (χ0) is 11.2. The molecule has 0 aromatic heterocycles. The normalized spacial score (nSPS) is 33.1. The minimum atomic E-state index is -3.19. The van der Waals surface area contributed by atoms with Crippen molar-refractivity contribution in [1.82, 2.24) is 0 Å². The molecule has 2 aliphatic rings. The lowest BCUT2D eigenvalue weighted by atomic mass is 10.0. The first-order chi connectivity index (χ1) is 7.68. The molecule has 3 atom stereocenters. The van der Waals surface area contributed by atoms with Gasteiger partial charge in [0.1, 0.15) is 0 Å². The van der Waals surface area contributed by atoms with Crippen LogP contribution in [-0.2, 0) is 14.6 Å². The standard InChI is InChI=1S/C12H14O3S/c13-16(14,10-4-2-1-3-5-10)12-8-9-6-7-11(12)15-9/h1-5,9,11-12H,6-8H2/t9-,11+,12-/m1/s1. The maximum atomic E-state index is 12.3. The van der Waals surface area contributed by atoms with Crippen LogP contribution in [0, 0.1) is 0 Å². The SMILES string of the molecule is O=S(=O)(c1ccccc1)[C@@H]1C[C@H]2CC[C@@H]1O2. The van der Waals surface area contributed by atoms with Crippen molar-refractivity contribution in [3.05, 3.63) is 30.3 Å². The van der Waals surface area contributed by atoms with E-state index in [1.54, 1.807) is 24.3 Å². The fourth-order valence-corrected chi connectivity index (χ4v) is 4.66. The molecule has 0 aliphatic carbocycles. The molecule has 3 nitrogen and oxygen atoms in total. The second kappa shape index (κ2) is 3.57. The van der Waals surface area contributed by atoms with Crippen LogP contribution in [0.25, 0.3) is 0 Å². The first-order valence-electron chi connectivity index (χ1n) is 5.62. The predicted octanol–water partition coefficient (Wildman–Crippen LogP) is 1.78. The van der Waals surface area contributed by atoms with E-state index in [0.29, 0.717) is 11.3 Å².